The zero-order valence-corrected chi connectivity index (χ0v) is 38.7. The summed E-state index contributed by atoms with van der Waals surface area (Å²) < 4.78 is 16.2. The quantitative estimate of drug-likeness (QED) is 0.0355. The van der Waals surface area contributed by atoms with Gasteiger partial charge < -0.3 is 23.9 Å². The molecule has 1 saturated heterocycles. The van der Waals surface area contributed by atoms with E-state index < -0.39 is 0 Å². The first kappa shape index (κ1) is 54.5. The standard InChI is InChI=1S/C42H80O5.C7H15NO/c1-34(2)27-29-39(36(5)6)32-46-41(44)25-21-17-13-9-11-15-19-23-38(31-43)24-20-16-12-10-14-18-22-26-42(45)47-33-40(37(7)8)30-28-35(3)4;1-9-7-6-8-4-2-3-5-8/h31,34-40H,9-30,32-33H2,1-8H3;2-7H2,1H3. The largest absolute Gasteiger partial charge is 0.465 e. The summed E-state index contributed by atoms with van der Waals surface area (Å²) >= 11 is 0. The number of hydrogen-bond acceptors (Lipinski definition) is 7. The molecule has 1 fully saturated rings. The summed E-state index contributed by atoms with van der Waals surface area (Å²) in [5.41, 5.74) is 0. The van der Waals surface area contributed by atoms with Crippen molar-refractivity contribution in [2.24, 2.45) is 41.4 Å². The zero-order valence-electron chi connectivity index (χ0n) is 38.7. The van der Waals surface area contributed by atoms with Crippen LogP contribution in [0.15, 0.2) is 0 Å². The van der Waals surface area contributed by atoms with Crippen LogP contribution in [0.5, 0.6) is 0 Å². The number of rotatable bonds is 36. The van der Waals surface area contributed by atoms with Gasteiger partial charge in [0.2, 0.25) is 0 Å². The van der Waals surface area contributed by atoms with Crippen molar-refractivity contribution < 1.29 is 28.6 Å². The average Bonchev–Trinajstić information content (AvgIpc) is 3.68. The van der Waals surface area contributed by atoms with Gasteiger partial charge in [-0.2, -0.15) is 0 Å². The number of esters is 2. The highest BCUT2D eigenvalue weighted by molar-refractivity contribution is 5.69. The van der Waals surface area contributed by atoms with Crippen LogP contribution < -0.4 is 0 Å². The molecule has 0 bridgehead atoms. The fraction of sp³-hybridized carbons (Fsp3) is 0.939. The molecule has 0 amide bonds. The Hall–Kier alpha value is -1.47. The van der Waals surface area contributed by atoms with Crippen LogP contribution >= 0.6 is 0 Å². The second-order valence-corrected chi connectivity index (χ2v) is 18.8. The molecule has 0 spiro atoms. The van der Waals surface area contributed by atoms with Crippen LogP contribution in [0, 0.1) is 41.4 Å². The number of likely N-dealkylation sites (tertiary alicyclic amines) is 1. The Bertz CT molecular complexity index is 841. The molecule has 0 aromatic rings. The van der Waals surface area contributed by atoms with Crippen LogP contribution in [0.3, 0.4) is 0 Å². The first-order valence-corrected chi connectivity index (χ1v) is 23.9. The predicted molar refractivity (Wildman–Crippen MR) is 237 cm³/mol. The van der Waals surface area contributed by atoms with Gasteiger partial charge >= 0.3 is 11.9 Å². The lowest BCUT2D eigenvalue weighted by atomic mass is 9.89. The number of carbonyl (C=O) groups excluding carboxylic acids is 3. The molecule has 7 nitrogen and oxygen atoms in total. The first-order chi connectivity index (χ1) is 26.9. The monoisotopic (exact) mass is 794 g/mol. The third-order valence-electron chi connectivity index (χ3n) is 11.9. The van der Waals surface area contributed by atoms with Gasteiger partial charge in [0.1, 0.15) is 6.29 Å². The molecule has 2 atom stereocenters. The van der Waals surface area contributed by atoms with E-state index in [0.29, 0.717) is 61.6 Å². The second kappa shape index (κ2) is 37.8. The second-order valence-electron chi connectivity index (χ2n) is 18.8. The molecule has 332 valence electrons. The molecule has 0 aromatic heterocycles. The van der Waals surface area contributed by atoms with Gasteiger partial charge in [0.25, 0.3) is 0 Å². The van der Waals surface area contributed by atoms with Crippen molar-refractivity contribution >= 4 is 18.2 Å². The van der Waals surface area contributed by atoms with Gasteiger partial charge in [-0.05, 0) is 100.0 Å². The van der Waals surface area contributed by atoms with Crippen molar-refractivity contribution in [3.63, 3.8) is 0 Å². The number of carbonyl (C=O) groups is 3. The molecule has 1 heterocycles. The van der Waals surface area contributed by atoms with E-state index in [4.69, 9.17) is 14.2 Å². The van der Waals surface area contributed by atoms with Crippen molar-refractivity contribution in [3.8, 4) is 0 Å². The van der Waals surface area contributed by atoms with E-state index in [2.05, 4.69) is 60.3 Å². The van der Waals surface area contributed by atoms with E-state index in [9.17, 15) is 14.4 Å². The highest BCUT2D eigenvalue weighted by Gasteiger charge is 2.18. The molecule has 2 unspecified atom stereocenters. The summed E-state index contributed by atoms with van der Waals surface area (Å²) in [6, 6.07) is 0. The Morgan fingerprint density at radius 3 is 1.25 bits per heavy atom. The van der Waals surface area contributed by atoms with Crippen LogP contribution in [0.2, 0.25) is 0 Å². The Morgan fingerprint density at radius 1 is 0.536 bits per heavy atom. The summed E-state index contributed by atoms with van der Waals surface area (Å²) in [5, 5.41) is 0. The van der Waals surface area contributed by atoms with Gasteiger partial charge in [0.05, 0.1) is 19.8 Å². The molecular weight excluding hydrogens is 699 g/mol. The number of aldehydes is 1. The summed E-state index contributed by atoms with van der Waals surface area (Å²) in [5.74, 6) is 3.58. The molecule has 56 heavy (non-hydrogen) atoms. The molecule has 0 aliphatic carbocycles. The van der Waals surface area contributed by atoms with Crippen LogP contribution in [0.25, 0.3) is 0 Å². The highest BCUT2D eigenvalue weighted by Crippen LogP contribution is 2.23. The van der Waals surface area contributed by atoms with Gasteiger partial charge in [0, 0.05) is 32.4 Å². The van der Waals surface area contributed by atoms with Crippen molar-refractivity contribution in [2.75, 3.05) is 46.6 Å². The minimum absolute atomic E-state index is 0.0305. The summed E-state index contributed by atoms with van der Waals surface area (Å²) in [4.78, 5) is 38.4. The van der Waals surface area contributed by atoms with Gasteiger partial charge in [0.15, 0.2) is 0 Å². The first-order valence-electron chi connectivity index (χ1n) is 23.9. The maximum atomic E-state index is 12.2. The van der Waals surface area contributed by atoms with Crippen molar-refractivity contribution in [3.05, 3.63) is 0 Å². The third-order valence-corrected chi connectivity index (χ3v) is 11.9. The Kier molecular flexibility index (Phi) is 36.8. The minimum Gasteiger partial charge on any atom is -0.465 e. The van der Waals surface area contributed by atoms with E-state index in [1.165, 1.54) is 96.4 Å². The Balaban J connectivity index is 0.00000292. The average molecular weight is 794 g/mol. The maximum Gasteiger partial charge on any atom is 0.305 e. The zero-order chi connectivity index (χ0) is 41.8. The third kappa shape index (κ3) is 34.6. The van der Waals surface area contributed by atoms with Crippen molar-refractivity contribution in [2.45, 2.75) is 209 Å². The Morgan fingerprint density at radius 2 is 0.911 bits per heavy atom. The fourth-order valence-corrected chi connectivity index (χ4v) is 7.48. The summed E-state index contributed by atoms with van der Waals surface area (Å²) in [7, 11) is 1.76. The topological polar surface area (TPSA) is 82.1 Å². The highest BCUT2D eigenvalue weighted by atomic mass is 16.5. The van der Waals surface area contributed by atoms with E-state index in [1.807, 2.05) is 0 Å². The smallest absolute Gasteiger partial charge is 0.305 e. The maximum absolute atomic E-state index is 12.2. The van der Waals surface area contributed by atoms with Crippen molar-refractivity contribution in [1.82, 2.24) is 4.90 Å². The molecule has 0 N–H and O–H groups in total. The lowest BCUT2D eigenvalue weighted by Gasteiger charge is -2.21. The number of nitrogens with zero attached hydrogens (tertiary/aromatic N) is 1. The van der Waals surface area contributed by atoms with Gasteiger partial charge in [-0.15, -0.1) is 0 Å². The van der Waals surface area contributed by atoms with E-state index in [-0.39, 0.29) is 17.9 Å². The Labute approximate surface area is 348 Å². The number of hydrogen-bond donors (Lipinski definition) is 0. The minimum atomic E-state index is -0.0305. The summed E-state index contributed by atoms with van der Waals surface area (Å²) in [6.07, 6.45) is 27.7. The van der Waals surface area contributed by atoms with Crippen LogP contribution in [-0.4, -0.2) is 69.7 Å². The van der Waals surface area contributed by atoms with E-state index >= 15 is 0 Å². The molecule has 1 aliphatic heterocycles. The van der Waals surface area contributed by atoms with Crippen LogP contribution in [0.1, 0.15) is 209 Å². The molecule has 0 aromatic carbocycles. The van der Waals surface area contributed by atoms with Crippen LogP contribution in [-0.2, 0) is 28.6 Å². The SMILES string of the molecule is CC(C)CCC(COC(=O)CCCCCCCCCC(C=O)CCCCCCCCCC(=O)OCC(CCC(C)C)C(C)C)C(C)C.COCCN1CCCC1. The molecule has 0 saturated carbocycles. The normalized spacial score (nSPS) is 14.9. The number of methoxy groups -OCH3 is 1. The molecular formula is C49H95NO6. The number of ether oxygens (including phenoxy) is 3. The predicted octanol–water partition coefficient (Wildman–Crippen LogP) is 13.1. The molecule has 0 radical (unpaired) electrons. The van der Waals surface area contributed by atoms with Gasteiger partial charge in [-0.3, -0.25) is 9.59 Å². The van der Waals surface area contributed by atoms with Gasteiger partial charge in [-0.1, -0.05) is 145 Å². The molecule has 1 aliphatic rings. The molecule has 7 heteroatoms. The number of unbranched alkanes of at least 4 members (excludes halogenated alkanes) is 12. The van der Waals surface area contributed by atoms with Crippen LogP contribution in [0.4, 0.5) is 0 Å². The summed E-state index contributed by atoms with van der Waals surface area (Å²) in [6.45, 7) is 23.6. The fourth-order valence-electron chi connectivity index (χ4n) is 7.48. The molecule has 1 rings (SSSR count). The van der Waals surface area contributed by atoms with Crippen molar-refractivity contribution in [1.29, 1.82) is 0 Å². The lowest BCUT2D eigenvalue weighted by Crippen LogP contribution is -2.23. The lowest BCUT2D eigenvalue weighted by molar-refractivity contribution is -0.146. The van der Waals surface area contributed by atoms with Gasteiger partial charge in [-0.25, -0.2) is 0 Å². The van der Waals surface area contributed by atoms with E-state index in [0.717, 1.165) is 77.4 Å². The van der Waals surface area contributed by atoms with E-state index in [1.54, 1.807) is 7.11 Å².